The molecule has 3 nitrogen and oxygen atoms in total. The summed E-state index contributed by atoms with van der Waals surface area (Å²) in [7, 11) is 1.46. The van der Waals surface area contributed by atoms with E-state index in [1.165, 1.54) is 12.7 Å². The molecule has 1 unspecified atom stereocenters. The Morgan fingerprint density at radius 1 is 1.29 bits per heavy atom. The van der Waals surface area contributed by atoms with Gasteiger partial charge in [-0.3, -0.25) is 4.79 Å². The first-order chi connectivity index (χ1) is 10.2. The Hall–Kier alpha value is -1.79. The van der Waals surface area contributed by atoms with Crippen molar-refractivity contribution in [2.24, 2.45) is 5.92 Å². The zero-order chi connectivity index (χ0) is 14.8. The molecular weight excluding hydrogens is 264 g/mol. The molecule has 2 fully saturated rings. The van der Waals surface area contributed by atoms with Gasteiger partial charge in [-0.2, -0.15) is 0 Å². The molecule has 0 aromatic heterocycles. The highest BCUT2D eigenvalue weighted by atomic mass is 16.5. The average Bonchev–Trinajstić information content (AvgIpc) is 2.89. The summed E-state index contributed by atoms with van der Waals surface area (Å²) in [5.74, 6) is 5.80. The summed E-state index contributed by atoms with van der Waals surface area (Å²) in [6, 6.07) is 8.23. The zero-order valence-corrected chi connectivity index (χ0v) is 12.5. The molecule has 3 heteroatoms. The summed E-state index contributed by atoms with van der Waals surface area (Å²) in [5, 5.41) is 0. The lowest BCUT2D eigenvalue weighted by Crippen LogP contribution is -2.39. The van der Waals surface area contributed by atoms with E-state index in [1.807, 2.05) is 19.1 Å². The molecule has 2 aliphatic rings. The lowest BCUT2D eigenvalue weighted by atomic mass is 9.79. The van der Waals surface area contributed by atoms with Crippen LogP contribution in [-0.4, -0.2) is 25.3 Å². The molecule has 1 aromatic carbocycles. The fourth-order valence-electron chi connectivity index (χ4n) is 3.61. The molecule has 110 valence electrons. The monoisotopic (exact) mass is 284 g/mol. The first-order valence-electron chi connectivity index (χ1n) is 7.49. The molecule has 3 rings (SSSR count). The van der Waals surface area contributed by atoms with Crippen molar-refractivity contribution in [3.05, 3.63) is 35.4 Å². The highest BCUT2D eigenvalue weighted by Crippen LogP contribution is 2.45. The van der Waals surface area contributed by atoms with Crippen LogP contribution in [0.5, 0.6) is 0 Å². The Kier molecular flexibility index (Phi) is 3.98. The van der Waals surface area contributed by atoms with Gasteiger partial charge >= 0.3 is 5.97 Å². The largest absolute Gasteiger partial charge is 0.469 e. The van der Waals surface area contributed by atoms with Crippen LogP contribution < -0.4 is 0 Å². The van der Waals surface area contributed by atoms with Gasteiger partial charge in [-0.25, -0.2) is 0 Å². The number of carbonyl (C=O) groups excluding carboxylic acids is 1. The highest BCUT2D eigenvalue weighted by Gasteiger charge is 2.47. The van der Waals surface area contributed by atoms with Crippen LogP contribution in [0.3, 0.4) is 0 Å². The van der Waals surface area contributed by atoms with Crippen molar-refractivity contribution >= 4 is 5.97 Å². The van der Waals surface area contributed by atoms with E-state index in [0.717, 1.165) is 24.8 Å². The summed E-state index contributed by atoms with van der Waals surface area (Å²) in [5.41, 5.74) is 2.19. The molecule has 2 saturated heterocycles. The number of rotatable bonds is 2. The molecule has 2 aliphatic heterocycles. The van der Waals surface area contributed by atoms with Crippen LogP contribution >= 0.6 is 0 Å². The van der Waals surface area contributed by atoms with Crippen molar-refractivity contribution in [3.8, 4) is 11.8 Å². The molecule has 0 aliphatic carbocycles. The van der Waals surface area contributed by atoms with Gasteiger partial charge in [0.1, 0.15) is 0 Å². The second kappa shape index (κ2) is 5.91. The summed E-state index contributed by atoms with van der Waals surface area (Å²) in [6.07, 6.45) is 3.20. The Morgan fingerprint density at radius 2 is 2.05 bits per heavy atom. The fourth-order valence-corrected chi connectivity index (χ4v) is 3.61. The van der Waals surface area contributed by atoms with Crippen LogP contribution in [0.25, 0.3) is 0 Å². The van der Waals surface area contributed by atoms with Crippen molar-refractivity contribution in [2.45, 2.75) is 44.3 Å². The van der Waals surface area contributed by atoms with Crippen LogP contribution in [0.2, 0.25) is 0 Å². The topological polar surface area (TPSA) is 35.5 Å². The SMILES string of the molecule is CC#Cc1ccc([C@@H]2CC3CC[C@@H](O3)[C@H]2C(=O)OC)cc1. The van der Waals surface area contributed by atoms with E-state index >= 15 is 0 Å². The maximum Gasteiger partial charge on any atom is 0.311 e. The van der Waals surface area contributed by atoms with Gasteiger partial charge in [0.05, 0.1) is 25.2 Å². The summed E-state index contributed by atoms with van der Waals surface area (Å²) >= 11 is 0. The van der Waals surface area contributed by atoms with Crippen LogP contribution in [-0.2, 0) is 14.3 Å². The quantitative estimate of drug-likeness (QED) is 0.619. The number of esters is 1. The predicted molar refractivity (Wildman–Crippen MR) is 79.8 cm³/mol. The van der Waals surface area contributed by atoms with E-state index in [1.54, 1.807) is 0 Å². The lowest BCUT2D eigenvalue weighted by Gasteiger charge is -2.35. The summed E-state index contributed by atoms with van der Waals surface area (Å²) in [6.45, 7) is 1.83. The van der Waals surface area contributed by atoms with Crippen LogP contribution in [0.4, 0.5) is 0 Å². The summed E-state index contributed by atoms with van der Waals surface area (Å²) < 4.78 is 10.9. The van der Waals surface area contributed by atoms with Crippen molar-refractivity contribution in [1.82, 2.24) is 0 Å². The number of methoxy groups -OCH3 is 1. The van der Waals surface area contributed by atoms with Crippen LogP contribution in [0.15, 0.2) is 24.3 Å². The highest BCUT2D eigenvalue weighted by molar-refractivity contribution is 5.74. The number of hydrogen-bond donors (Lipinski definition) is 0. The standard InChI is InChI=1S/C18H20O3/c1-3-4-12-5-7-13(8-6-12)15-11-14-9-10-16(21-14)17(15)18(19)20-2/h5-8,14-17H,9-11H2,1-2H3/t14?,15-,16+,17-/m0/s1. The molecule has 0 amide bonds. The molecule has 2 heterocycles. The van der Waals surface area contributed by atoms with Gasteiger partial charge in [-0.15, -0.1) is 5.92 Å². The zero-order valence-electron chi connectivity index (χ0n) is 12.5. The molecule has 4 atom stereocenters. The van der Waals surface area contributed by atoms with E-state index in [4.69, 9.17) is 9.47 Å². The van der Waals surface area contributed by atoms with Gasteiger partial charge in [0.15, 0.2) is 0 Å². The second-order valence-electron chi connectivity index (χ2n) is 5.76. The van der Waals surface area contributed by atoms with E-state index in [0.29, 0.717) is 0 Å². The van der Waals surface area contributed by atoms with Gasteiger partial charge in [0, 0.05) is 11.5 Å². The summed E-state index contributed by atoms with van der Waals surface area (Å²) in [4.78, 5) is 12.2. The molecule has 21 heavy (non-hydrogen) atoms. The normalized spacial score (nSPS) is 30.4. The number of benzene rings is 1. The van der Waals surface area contributed by atoms with Gasteiger partial charge in [0.25, 0.3) is 0 Å². The number of ether oxygens (including phenoxy) is 2. The Bertz CT molecular complexity index is 579. The fraction of sp³-hybridized carbons (Fsp3) is 0.500. The molecule has 2 bridgehead atoms. The van der Waals surface area contributed by atoms with E-state index in [2.05, 4.69) is 24.0 Å². The molecule has 0 saturated carbocycles. The van der Waals surface area contributed by atoms with Crippen LogP contribution in [0.1, 0.15) is 43.2 Å². The minimum Gasteiger partial charge on any atom is -0.469 e. The third-order valence-electron chi connectivity index (χ3n) is 4.57. The average molecular weight is 284 g/mol. The number of fused-ring (bicyclic) bond motifs is 2. The smallest absolute Gasteiger partial charge is 0.311 e. The Labute approximate surface area is 125 Å². The van der Waals surface area contributed by atoms with Crippen molar-refractivity contribution in [3.63, 3.8) is 0 Å². The van der Waals surface area contributed by atoms with Crippen molar-refractivity contribution < 1.29 is 14.3 Å². The Morgan fingerprint density at radius 3 is 2.71 bits per heavy atom. The van der Waals surface area contributed by atoms with Gasteiger partial charge in [0.2, 0.25) is 0 Å². The van der Waals surface area contributed by atoms with E-state index < -0.39 is 0 Å². The third kappa shape index (κ3) is 2.69. The molecule has 0 spiro atoms. The first kappa shape index (κ1) is 14.2. The van der Waals surface area contributed by atoms with Gasteiger partial charge < -0.3 is 9.47 Å². The second-order valence-corrected chi connectivity index (χ2v) is 5.76. The van der Waals surface area contributed by atoms with E-state index in [-0.39, 0.29) is 30.0 Å². The first-order valence-corrected chi connectivity index (χ1v) is 7.49. The van der Waals surface area contributed by atoms with E-state index in [9.17, 15) is 4.79 Å². The van der Waals surface area contributed by atoms with Crippen molar-refractivity contribution in [2.75, 3.05) is 7.11 Å². The van der Waals surface area contributed by atoms with Gasteiger partial charge in [-0.05, 0) is 43.9 Å². The molecular formula is C18H20O3. The van der Waals surface area contributed by atoms with Crippen molar-refractivity contribution in [1.29, 1.82) is 0 Å². The minimum absolute atomic E-state index is 0.0105. The molecule has 1 aromatic rings. The maximum absolute atomic E-state index is 12.2. The lowest BCUT2D eigenvalue weighted by molar-refractivity contribution is -0.156. The molecule has 0 radical (unpaired) electrons. The predicted octanol–water partition coefficient (Wildman–Crippen LogP) is 2.88. The minimum atomic E-state index is -0.183. The Balaban J connectivity index is 1.90. The molecule has 0 N–H and O–H groups in total. The maximum atomic E-state index is 12.2. The van der Waals surface area contributed by atoms with Crippen LogP contribution in [0, 0.1) is 17.8 Å². The van der Waals surface area contributed by atoms with Gasteiger partial charge in [-0.1, -0.05) is 18.1 Å². The third-order valence-corrected chi connectivity index (χ3v) is 4.57. The number of hydrogen-bond acceptors (Lipinski definition) is 3. The number of carbonyl (C=O) groups is 1.